The van der Waals surface area contributed by atoms with Gasteiger partial charge in [-0.1, -0.05) is 431 Å². The van der Waals surface area contributed by atoms with Gasteiger partial charge in [-0.05, 0) is 19.3 Å². The summed E-state index contributed by atoms with van der Waals surface area (Å²) >= 11 is 0. The largest absolute Gasteiger partial charge is 0.394 e. The van der Waals surface area contributed by atoms with E-state index >= 15 is 0 Å². The predicted molar refractivity (Wildman–Crippen MR) is 420 cm³/mol. The molecule has 14 heteroatoms. The number of ether oxygens (including phenoxy) is 4. The van der Waals surface area contributed by atoms with E-state index in [1.54, 1.807) is 6.08 Å². The Bertz CT molecular complexity index is 1740. The van der Waals surface area contributed by atoms with Gasteiger partial charge in [-0.15, -0.1) is 0 Å². The van der Waals surface area contributed by atoms with Gasteiger partial charge in [-0.25, -0.2) is 0 Å². The van der Waals surface area contributed by atoms with Gasteiger partial charge < -0.3 is 65.1 Å². The van der Waals surface area contributed by atoms with Crippen molar-refractivity contribution in [3.05, 3.63) is 12.2 Å². The summed E-state index contributed by atoms with van der Waals surface area (Å²) in [6.07, 6.45) is 76.2. The predicted octanol–water partition coefficient (Wildman–Crippen LogP) is 21.2. The highest BCUT2D eigenvalue weighted by Gasteiger charge is 2.51. The van der Waals surface area contributed by atoms with Crippen molar-refractivity contribution in [1.82, 2.24) is 5.32 Å². The number of nitrogens with one attached hydrogen (secondary N) is 1. The van der Waals surface area contributed by atoms with Crippen molar-refractivity contribution in [3.63, 3.8) is 0 Å². The third-order valence-corrected chi connectivity index (χ3v) is 22.2. The van der Waals surface area contributed by atoms with Crippen molar-refractivity contribution in [1.29, 1.82) is 0 Å². The van der Waals surface area contributed by atoms with E-state index < -0.39 is 86.8 Å². The number of hydrogen-bond acceptors (Lipinski definition) is 13. The fraction of sp³-hybridized carbons (Fsp3) is 0.966. The molecule has 14 nitrogen and oxygen atoms in total. The molecular weight excluding hydrogens is 1270 g/mol. The highest BCUT2D eigenvalue weighted by molar-refractivity contribution is 5.76. The van der Waals surface area contributed by atoms with Crippen LogP contribution in [0.15, 0.2) is 12.2 Å². The maximum absolute atomic E-state index is 13.4. The molecule has 2 saturated heterocycles. The molecule has 2 aliphatic rings. The minimum atomic E-state index is -1.79. The molecule has 9 N–H and O–H groups in total. The molecule has 0 saturated carbocycles. The summed E-state index contributed by atoms with van der Waals surface area (Å²) in [5, 5.41) is 87.8. The molecule has 2 aliphatic heterocycles. The molecule has 0 aliphatic carbocycles. The van der Waals surface area contributed by atoms with E-state index in [1.807, 2.05) is 6.08 Å². The van der Waals surface area contributed by atoms with E-state index in [1.165, 1.54) is 379 Å². The fourth-order valence-electron chi connectivity index (χ4n) is 15.2. The lowest BCUT2D eigenvalue weighted by molar-refractivity contribution is -0.359. The topological polar surface area (TPSA) is 228 Å². The number of hydrogen-bond donors (Lipinski definition) is 9. The number of unbranched alkanes of at least 4 members (excludes halogenated alkanes) is 64. The fourth-order valence-corrected chi connectivity index (χ4v) is 15.2. The maximum atomic E-state index is 13.4. The second kappa shape index (κ2) is 71.6. The first kappa shape index (κ1) is 95.8. The van der Waals surface area contributed by atoms with Crippen LogP contribution >= 0.6 is 0 Å². The average molecular weight is 1440 g/mol. The maximum Gasteiger partial charge on any atom is 0.220 e. The van der Waals surface area contributed by atoms with Crippen LogP contribution in [-0.2, 0) is 23.7 Å². The molecule has 0 radical (unpaired) electrons. The lowest BCUT2D eigenvalue weighted by Gasteiger charge is -2.46. The first-order valence-electron chi connectivity index (χ1n) is 44.4. The first-order valence-corrected chi connectivity index (χ1v) is 44.4. The Balaban J connectivity index is 1.57. The summed E-state index contributed by atoms with van der Waals surface area (Å²) in [6, 6.07) is -0.913. The Kier molecular flexibility index (Phi) is 68.0. The van der Waals surface area contributed by atoms with Crippen LogP contribution in [0, 0.1) is 0 Å². The van der Waals surface area contributed by atoms with Gasteiger partial charge in [0.15, 0.2) is 12.6 Å². The molecule has 2 fully saturated rings. The standard InChI is InChI=1S/C87H169NO13/c1-3-5-7-9-11-13-15-17-19-21-23-25-27-29-31-33-35-36-37-38-39-41-43-45-47-49-51-53-55-57-59-61-63-65-67-69-71-79(92)88-75(74-98-86-84(97)82(95)85(78(73-90)100-86)101-87-83(96)81(94)80(93)77(72-89)99-87)76(91)70-68-66-64-62-60-58-56-54-52-50-48-46-44-42-40-34-32-30-28-26-24-22-20-18-16-14-12-10-8-6-4-2/h68,70,75-78,80-87,89-91,93-97H,3-67,69,71-74H2,1-2H3,(H,88,92)/b70-68+. The number of rotatable bonds is 77. The smallest absolute Gasteiger partial charge is 0.220 e. The molecule has 12 unspecified atom stereocenters. The lowest BCUT2D eigenvalue weighted by Crippen LogP contribution is -2.65. The molecule has 101 heavy (non-hydrogen) atoms. The highest BCUT2D eigenvalue weighted by atomic mass is 16.7. The van der Waals surface area contributed by atoms with Crippen LogP contribution in [0.3, 0.4) is 0 Å². The highest BCUT2D eigenvalue weighted by Crippen LogP contribution is 2.31. The van der Waals surface area contributed by atoms with Crippen LogP contribution < -0.4 is 5.32 Å². The van der Waals surface area contributed by atoms with Crippen molar-refractivity contribution >= 4 is 5.91 Å². The SMILES string of the molecule is CCCCCCCCCCCCCCCCCCCCCCCCCCCCCCC/C=C/C(O)C(COC1OC(CO)C(OC2OC(CO)C(O)C(O)C2O)C(O)C1O)NC(=O)CCCCCCCCCCCCCCCCCCCCCCCCCCCCCCCCCCCCCC. The normalized spacial score (nSPS) is 21.7. The minimum Gasteiger partial charge on any atom is -0.394 e. The molecule has 0 bridgehead atoms. The minimum absolute atomic E-state index is 0.227. The monoisotopic (exact) mass is 1440 g/mol. The van der Waals surface area contributed by atoms with Crippen molar-refractivity contribution < 1.29 is 64.6 Å². The molecule has 0 aromatic heterocycles. The van der Waals surface area contributed by atoms with Gasteiger partial charge in [0, 0.05) is 6.42 Å². The molecule has 12 atom stereocenters. The number of aliphatic hydroxyl groups is 8. The molecule has 1 amide bonds. The summed E-state index contributed by atoms with van der Waals surface area (Å²) in [7, 11) is 0. The molecule has 600 valence electrons. The number of aliphatic hydroxyl groups excluding tert-OH is 8. The second-order valence-corrected chi connectivity index (χ2v) is 31.7. The summed E-state index contributed by atoms with van der Waals surface area (Å²) in [4.78, 5) is 13.4. The van der Waals surface area contributed by atoms with Crippen molar-refractivity contribution in [2.75, 3.05) is 19.8 Å². The zero-order chi connectivity index (χ0) is 73.0. The Morgan fingerprint density at radius 1 is 0.347 bits per heavy atom. The first-order chi connectivity index (χ1) is 49.6. The molecule has 0 aromatic carbocycles. The van der Waals surface area contributed by atoms with Gasteiger partial charge in [0.25, 0.3) is 0 Å². The average Bonchev–Trinajstić information content (AvgIpc) is 0.791. The number of allylic oxidation sites excluding steroid dienone is 1. The van der Waals surface area contributed by atoms with Crippen molar-refractivity contribution in [3.8, 4) is 0 Å². The number of carbonyl (C=O) groups excluding carboxylic acids is 1. The quantitative estimate of drug-likeness (QED) is 0.0204. The zero-order valence-electron chi connectivity index (χ0n) is 66.2. The number of amides is 1. The van der Waals surface area contributed by atoms with Crippen LogP contribution in [-0.4, -0.2) is 140 Å². The van der Waals surface area contributed by atoms with Crippen LogP contribution in [0.25, 0.3) is 0 Å². The van der Waals surface area contributed by atoms with E-state index in [0.717, 1.165) is 44.9 Å². The third-order valence-electron chi connectivity index (χ3n) is 22.2. The van der Waals surface area contributed by atoms with Gasteiger partial charge in [0.05, 0.1) is 32.0 Å². The Morgan fingerprint density at radius 3 is 0.911 bits per heavy atom. The Hall–Kier alpha value is -1.27. The van der Waals surface area contributed by atoms with Gasteiger partial charge in [0.2, 0.25) is 5.91 Å². The van der Waals surface area contributed by atoms with Crippen LogP contribution in [0.5, 0.6) is 0 Å². The third kappa shape index (κ3) is 54.1. The van der Waals surface area contributed by atoms with Crippen LogP contribution in [0.1, 0.15) is 444 Å². The Labute approximate surface area is 622 Å². The zero-order valence-corrected chi connectivity index (χ0v) is 66.2. The van der Waals surface area contributed by atoms with E-state index in [0.29, 0.717) is 0 Å². The van der Waals surface area contributed by atoms with Crippen LogP contribution in [0.4, 0.5) is 0 Å². The van der Waals surface area contributed by atoms with Gasteiger partial charge in [-0.2, -0.15) is 0 Å². The van der Waals surface area contributed by atoms with Crippen molar-refractivity contribution in [2.45, 2.75) is 518 Å². The molecule has 2 heterocycles. The van der Waals surface area contributed by atoms with Gasteiger partial charge >= 0.3 is 0 Å². The van der Waals surface area contributed by atoms with Gasteiger partial charge in [0.1, 0.15) is 48.8 Å². The number of carbonyl (C=O) groups is 1. The summed E-state index contributed by atoms with van der Waals surface area (Å²) in [6.45, 7) is 2.89. The van der Waals surface area contributed by atoms with E-state index in [-0.39, 0.29) is 18.9 Å². The second-order valence-electron chi connectivity index (χ2n) is 31.7. The molecular formula is C87H169NO13. The van der Waals surface area contributed by atoms with E-state index in [2.05, 4.69) is 19.2 Å². The Morgan fingerprint density at radius 2 is 0.614 bits per heavy atom. The molecule has 0 spiro atoms. The van der Waals surface area contributed by atoms with Crippen molar-refractivity contribution in [2.24, 2.45) is 0 Å². The summed E-state index contributed by atoms with van der Waals surface area (Å²) in [5.41, 5.74) is 0. The van der Waals surface area contributed by atoms with E-state index in [9.17, 15) is 45.6 Å². The van der Waals surface area contributed by atoms with Crippen LogP contribution in [0.2, 0.25) is 0 Å². The molecule has 0 aromatic rings. The molecule has 2 rings (SSSR count). The summed E-state index contributed by atoms with van der Waals surface area (Å²) < 4.78 is 23.0. The van der Waals surface area contributed by atoms with Gasteiger partial charge in [-0.3, -0.25) is 4.79 Å². The van der Waals surface area contributed by atoms with E-state index in [4.69, 9.17) is 18.9 Å². The lowest BCUT2D eigenvalue weighted by atomic mass is 9.97. The summed E-state index contributed by atoms with van der Waals surface area (Å²) in [5.74, 6) is -0.227.